The number of nitrogens with one attached hydrogen (secondary N) is 1. The van der Waals surface area contributed by atoms with Crippen molar-refractivity contribution < 1.29 is 14.0 Å². The molecular formula is C15H19FN2O2. The van der Waals surface area contributed by atoms with E-state index in [2.05, 4.69) is 12.2 Å². The minimum absolute atomic E-state index is 0.140. The van der Waals surface area contributed by atoms with E-state index >= 15 is 0 Å². The maximum atomic E-state index is 14.0. The van der Waals surface area contributed by atoms with E-state index in [-0.39, 0.29) is 11.3 Å². The number of nitrogens with zero attached hydrogens (tertiary/aromatic N) is 1. The fraction of sp³-hybridized carbons (Fsp3) is 0.467. The molecule has 2 rings (SSSR count). The second kappa shape index (κ2) is 6.13. The normalized spacial score (nSPS) is 14.1. The first-order chi connectivity index (χ1) is 9.56. The Hall–Kier alpha value is -1.75. The lowest BCUT2D eigenvalue weighted by molar-refractivity contribution is -0.114. The first-order valence-corrected chi connectivity index (χ1v) is 6.93. The Labute approximate surface area is 118 Å². The molecule has 1 heterocycles. The summed E-state index contributed by atoms with van der Waals surface area (Å²) < 4.78 is 14.0. The number of Topliss-reactive ketones (excluding diaryl/α,β-unsaturated/α-hetero) is 1. The highest BCUT2D eigenvalue weighted by Crippen LogP contribution is 2.32. The van der Waals surface area contributed by atoms with E-state index in [1.165, 1.54) is 11.0 Å². The number of anilines is 1. The van der Waals surface area contributed by atoms with Crippen LogP contribution in [0.2, 0.25) is 0 Å². The zero-order valence-corrected chi connectivity index (χ0v) is 11.8. The average molecular weight is 278 g/mol. The van der Waals surface area contributed by atoms with Gasteiger partial charge in [0.15, 0.2) is 0 Å². The maximum absolute atomic E-state index is 14.0. The van der Waals surface area contributed by atoms with Crippen molar-refractivity contribution in [2.24, 2.45) is 0 Å². The molecule has 108 valence electrons. The number of carbonyl (C=O) groups excluding carboxylic acids is 2. The lowest BCUT2D eigenvalue weighted by Crippen LogP contribution is -2.32. The van der Waals surface area contributed by atoms with Gasteiger partial charge in [0.25, 0.3) is 11.7 Å². The summed E-state index contributed by atoms with van der Waals surface area (Å²) in [7, 11) is 0. The highest BCUT2D eigenvalue weighted by Gasteiger charge is 2.37. The number of aryl methyl sites for hydroxylation is 1. The molecule has 0 radical (unpaired) electrons. The fourth-order valence-corrected chi connectivity index (χ4v) is 2.40. The lowest BCUT2D eigenvalue weighted by Gasteiger charge is -2.17. The standard InChI is InChI=1S/C15H19FN2O2/c1-3-5-17-6-4-7-18-13-11(14(19)15(18)20)8-10(2)9-12(13)16/h8-9,17H,3-7H2,1-2H3. The molecule has 1 aromatic carbocycles. The van der Waals surface area contributed by atoms with Crippen molar-refractivity contribution in [3.8, 4) is 0 Å². The van der Waals surface area contributed by atoms with Crippen LogP contribution in [0.25, 0.3) is 0 Å². The summed E-state index contributed by atoms with van der Waals surface area (Å²) in [4.78, 5) is 25.1. The van der Waals surface area contributed by atoms with Crippen molar-refractivity contribution in [1.82, 2.24) is 5.32 Å². The Morgan fingerprint density at radius 1 is 1.25 bits per heavy atom. The molecule has 0 bridgehead atoms. The van der Waals surface area contributed by atoms with Gasteiger partial charge in [0.05, 0.1) is 11.3 Å². The van der Waals surface area contributed by atoms with Crippen molar-refractivity contribution in [3.63, 3.8) is 0 Å². The van der Waals surface area contributed by atoms with Crippen LogP contribution >= 0.6 is 0 Å². The van der Waals surface area contributed by atoms with Gasteiger partial charge in [-0.15, -0.1) is 0 Å². The fourth-order valence-electron chi connectivity index (χ4n) is 2.40. The van der Waals surface area contributed by atoms with Gasteiger partial charge in [-0.05, 0) is 50.6 Å². The van der Waals surface area contributed by atoms with E-state index in [1.54, 1.807) is 13.0 Å². The van der Waals surface area contributed by atoms with Gasteiger partial charge in [-0.1, -0.05) is 6.92 Å². The minimum atomic E-state index is -0.625. The summed E-state index contributed by atoms with van der Waals surface area (Å²) in [6.45, 7) is 5.79. The molecule has 1 amide bonds. The Morgan fingerprint density at radius 2 is 2.00 bits per heavy atom. The van der Waals surface area contributed by atoms with Gasteiger partial charge in [-0.3, -0.25) is 9.59 Å². The maximum Gasteiger partial charge on any atom is 0.299 e. The van der Waals surface area contributed by atoms with Gasteiger partial charge in [-0.2, -0.15) is 0 Å². The van der Waals surface area contributed by atoms with Gasteiger partial charge < -0.3 is 10.2 Å². The third kappa shape index (κ3) is 2.72. The first-order valence-electron chi connectivity index (χ1n) is 6.93. The second-order valence-electron chi connectivity index (χ2n) is 5.03. The summed E-state index contributed by atoms with van der Waals surface area (Å²) >= 11 is 0. The molecule has 1 N–H and O–H groups in total. The molecule has 0 saturated heterocycles. The number of amides is 1. The van der Waals surface area contributed by atoms with Crippen LogP contribution in [-0.2, 0) is 4.79 Å². The molecule has 1 aliphatic heterocycles. The van der Waals surface area contributed by atoms with Crippen LogP contribution in [0.4, 0.5) is 10.1 Å². The monoisotopic (exact) mass is 278 g/mol. The Bertz CT molecular complexity index is 543. The van der Waals surface area contributed by atoms with Crippen LogP contribution in [0.1, 0.15) is 35.7 Å². The molecule has 5 heteroatoms. The molecule has 0 spiro atoms. The third-order valence-corrected chi connectivity index (χ3v) is 3.32. The summed E-state index contributed by atoms with van der Waals surface area (Å²) in [5, 5.41) is 3.22. The molecule has 0 aliphatic carbocycles. The topological polar surface area (TPSA) is 49.4 Å². The quantitative estimate of drug-likeness (QED) is 0.640. The summed E-state index contributed by atoms with van der Waals surface area (Å²) in [6, 6.07) is 2.93. The number of benzene rings is 1. The SMILES string of the molecule is CCCNCCCN1C(=O)C(=O)c2cc(C)cc(F)c21. The first kappa shape index (κ1) is 14.7. The van der Waals surface area contributed by atoms with Gasteiger partial charge in [-0.25, -0.2) is 4.39 Å². The molecule has 0 fully saturated rings. The third-order valence-electron chi connectivity index (χ3n) is 3.32. The van der Waals surface area contributed by atoms with E-state index in [4.69, 9.17) is 0 Å². The average Bonchev–Trinajstić information content (AvgIpc) is 2.64. The number of hydrogen-bond donors (Lipinski definition) is 1. The van der Waals surface area contributed by atoms with Crippen molar-refractivity contribution in [2.75, 3.05) is 24.5 Å². The van der Waals surface area contributed by atoms with E-state index in [0.29, 0.717) is 18.5 Å². The largest absolute Gasteiger partial charge is 0.317 e. The molecule has 4 nitrogen and oxygen atoms in total. The van der Waals surface area contributed by atoms with Crippen molar-refractivity contribution in [1.29, 1.82) is 0 Å². The highest BCUT2D eigenvalue weighted by atomic mass is 19.1. The zero-order valence-electron chi connectivity index (χ0n) is 11.8. The van der Waals surface area contributed by atoms with E-state index in [1.807, 2.05) is 0 Å². The molecular weight excluding hydrogens is 259 g/mol. The molecule has 20 heavy (non-hydrogen) atoms. The summed E-state index contributed by atoms with van der Waals surface area (Å²) in [5.74, 6) is -1.73. The molecule has 0 aromatic heterocycles. The smallest absolute Gasteiger partial charge is 0.299 e. The van der Waals surface area contributed by atoms with Crippen LogP contribution in [0.15, 0.2) is 12.1 Å². The second-order valence-corrected chi connectivity index (χ2v) is 5.03. The Balaban J connectivity index is 2.12. The summed E-state index contributed by atoms with van der Waals surface area (Å²) in [5.41, 5.74) is 0.976. The number of ketones is 1. The minimum Gasteiger partial charge on any atom is -0.317 e. The van der Waals surface area contributed by atoms with Crippen molar-refractivity contribution in [3.05, 3.63) is 29.1 Å². The van der Waals surface area contributed by atoms with E-state index in [9.17, 15) is 14.0 Å². The van der Waals surface area contributed by atoms with Gasteiger partial charge in [0.2, 0.25) is 0 Å². The summed E-state index contributed by atoms with van der Waals surface area (Å²) in [6.07, 6.45) is 1.73. The number of halogens is 1. The predicted molar refractivity (Wildman–Crippen MR) is 75.6 cm³/mol. The zero-order chi connectivity index (χ0) is 14.7. The molecule has 1 aromatic rings. The molecule has 0 unspecified atom stereocenters. The number of hydrogen-bond acceptors (Lipinski definition) is 3. The highest BCUT2D eigenvalue weighted by molar-refractivity contribution is 6.52. The Kier molecular flexibility index (Phi) is 4.49. The van der Waals surface area contributed by atoms with Crippen LogP contribution in [0.5, 0.6) is 0 Å². The van der Waals surface area contributed by atoms with Gasteiger partial charge in [0, 0.05) is 6.54 Å². The van der Waals surface area contributed by atoms with Gasteiger partial charge in [0.1, 0.15) is 5.82 Å². The predicted octanol–water partition coefficient (Wildman–Crippen LogP) is 2.05. The van der Waals surface area contributed by atoms with E-state index in [0.717, 1.165) is 19.5 Å². The van der Waals surface area contributed by atoms with Crippen LogP contribution < -0.4 is 10.2 Å². The van der Waals surface area contributed by atoms with E-state index < -0.39 is 17.5 Å². The molecule has 1 aliphatic rings. The number of fused-ring (bicyclic) bond motifs is 1. The Morgan fingerprint density at radius 3 is 2.70 bits per heavy atom. The molecule has 0 saturated carbocycles. The van der Waals surface area contributed by atoms with Crippen LogP contribution in [0.3, 0.4) is 0 Å². The van der Waals surface area contributed by atoms with Crippen LogP contribution in [0, 0.1) is 12.7 Å². The lowest BCUT2D eigenvalue weighted by atomic mass is 10.1. The number of carbonyl (C=O) groups is 2. The van der Waals surface area contributed by atoms with Crippen molar-refractivity contribution in [2.45, 2.75) is 26.7 Å². The van der Waals surface area contributed by atoms with Crippen LogP contribution in [-0.4, -0.2) is 31.3 Å². The number of rotatable bonds is 6. The molecule has 0 atom stereocenters. The van der Waals surface area contributed by atoms with Crippen molar-refractivity contribution >= 4 is 17.4 Å². The van der Waals surface area contributed by atoms with Gasteiger partial charge >= 0.3 is 0 Å².